The van der Waals surface area contributed by atoms with E-state index in [1.165, 1.54) is 0 Å². The second-order valence-electron chi connectivity index (χ2n) is 8.66. The number of ether oxygens (including phenoxy) is 1. The third-order valence-corrected chi connectivity index (χ3v) is 6.87. The third-order valence-electron chi connectivity index (χ3n) is 5.41. The molecule has 4 heterocycles. The molecule has 2 aromatic rings. The molecule has 1 amide bonds. The summed E-state index contributed by atoms with van der Waals surface area (Å²) in [5.74, 6) is 8.07. The molecule has 2 aliphatic rings. The van der Waals surface area contributed by atoms with E-state index in [0.29, 0.717) is 47.7 Å². The molecule has 2 aromatic heterocycles. The maximum atomic E-state index is 12.6. The van der Waals surface area contributed by atoms with Crippen molar-refractivity contribution < 1.29 is 13.7 Å². The molecule has 0 saturated heterocycles. The standard InChI is InChI=1S/C23H27N7O3S/c1-4-5-15-12-25-19(26-13-15)16-6-9-30(10-7-16)22-27-17-8-11-34(32)18(17)20(28-22)29-23(2,3)14-33-21(24)31/h6,12-13H,7-11,14H2,1-3H3,(H2,24,31)(H,27,28,29)/t34-/m1/s1. The number of carbonyl (C=O) groups excluding carboxylic acids is 1. The molecule has 0 aromatic carbocycles. The van der Waals surface area contributed by atoms with Gasteiger partial charge in [-0.3, -0.25) is 4.21 Å². The maximum absolute atomic E-state index is 12.6. The predicted octanol–water partition coefficient (Wildman–Crippen LogP) is 1.88. The van der Waals surface area contributed by atoms with Gasteiger partial charge in [-0.25, -0.2) is 19.7 Å². The molecule has 0 radical (unpaired) electrons. The minimum Gasteiger partial charge on any atom is -0.447 e. The summed E-state index contributed by atoms with van der Waals surface area (Å²) in [4.78, 5) is 32.1. The minimum absolute atomic E-state index is 0.0432. The van der Waals surface area contributed by atoms with Gasteiger partial charge in [0.05, 0.1) is 27.6 Å². The lowest BCUT2D eigenvalue weighted by Crippen LogP contribution is -2.39. The average molecular weight is 482 g/mol. The van der Waals surface area contributed by atoms with Gasteiger partial charge in [0, 0.05) is 37.7 Å². The van der Waals surface area contributed by atoms with E-state index in [4.69, 9.17) is 20.4 Å². The number of aromatic nitrogens is 4. The summed E-state index contributed by atoms with van der Waals surface area (Å²) >= 11 is 0. The Hall–Kier alpha value is -3.52. The molecule has 0 bridgehead atoms. The van der Waals surface area contributed by atoms with Crippen LogP contribution in [0, 0.1) is 11.8 Å². The van der Waals surface area contributed by atoms with Gasteiger partial charge < -0.3 is 20.7 Å². The van der Waals surface area contributed by atoms with Gasteiger partial charge in [0.15, 0.2) is 5.82 Å². The molecule has 10 nitrogen and oxygen atoms in total. The first kappa shape index (κ1) is 23.6. The summed E-state index contributed by atoms with van der Waals surface area (Å²) < 4.78 is 17.6. The predicted molar refractivity (Wildman–Crippen MR) is 130 cm³/mol. The smallest absolute Gasteiger partial charge is 0.404 e. The fourth-order valence-corrected chi connectivity index (χ4v) is 5.08. The van der Waals surface area contributed by atoms with E-state index in [1.807, 2.05) is 13.8 Å². The van der Waals surface area contributed by atoms with Crippen LogP contribution in [0.15, 0.2) is 23.4 Å². The van der Waals surface area contributed by atoms with Crippen LogP contribution in [0.4, 0.5) is 16.6 Å². The fraction of sp³-hybridized carbons (Fsp3) is 0.435. The fourth-order valence-electron chi connectivity index (χ4n) is 3.77. The molecule has 11 heteroatoms. The van der Waals surface area contributed by atoms with Crippen LogP contribution in [0.2, 0.25) is 0 Å². The van der Waals surface area contributed by atoms with Gasteiger partial charge in [0.25, 0.3) is 0 Å². The highest BCUT2D eigenvalue weighted by molar-refractivity contribution is 7.85. The Bertz CT molecular complexity index is 1220. The lowest BCUT2D eigenvalue weighted by molar-refractivity contribution is 0.138. The van der Waals surface area contributed by atoms with Gasteiger partial charge in [-0.15, -0.1) is 5.92 Å². The van der Waals surface area contributed by atoms with E-state index in [-0.39, 0.29) is 6.61 Å². The van der Waals surface area contributed by atoms with Crippen LogP contribution in [0.5, 0.6) is 0 Å². The summed E-state index contributed by atoms with van der Waals surface area (Å²) in [6.45, 7) is 6.83. The third kappa shape index (κ3) is 5.34. The summed E-state index contributed by atoms with van der Waals surface area (Å²) in [7, 11) is -1.18. The molecule has 3 N–H and O–H groups in total. The van der Waals surface area contributed by atoms with Crippen LogP contribution in [-0.2, 0) is 22.0 Å². The van der Waals surface area contributed by atoms with Gasteiger partial charge in [-0.2, -0.15) is 4.98 Å². The molecule has 0 spiro atoms. The first-order valence-electron chi connectivity index (χ1n) is 10.9. The molecule has 1 atom stereocenters. The number of amides is 1. The second kappa shape index (κ2) is 9.77. The Balaban J connectivity index is 1.55. The number of carbonyl (C=O) groups is 1. The molecule has 178 valence electrons. The summed E-state index contributed by atoms with van der Waals surface area (Å²) in [5, 5.41) is 3.28. The molecule has 0 aliphatic carbocycles. The minimum atomic E-state index is -1.18. The number of rotatable bonds is 6. The van der Waals surface area contributed by atoms with E-state index >= 15 is 0 Å². The van der Waals surface area contributed by atoms with Gasteiger partial charge >= 0.3 is 6.09 Å². The highest BCUT2D eigenvalue weighted by Crippen LogP contribution is 2.32. The van der Waals surface area contributed by atoms with Crippen molar-refractivity contribution in [2.45, 2.75) is 44.0 Å². The van der Waals surface area contributed by atoms with E-state index < -0.39 is 22.4 Å². The van der Waals surface area contributed by atoms with Crippen LogP contribution in [0.3, 0.4) is 0 Å². The summed E-state index contributed by atoms with van der Waals surface area (Å²) in [5.41, 5.74) is 7.08. The van der Waals surface area contributed by atoms with E-state index in [0.717, 1.165) is 23.3 Å². The number of aryl methyl sites for hydroxylation is 1. The van der Waals surface area contributed by atoms with Crippen LogP contribution in [0.1, 0.15) is 44.3 Å². The number of nitrogens with zero attached hydrogens (tertiary/aromatic N) is 5. The monoisotopic (exact) mass is 481 g/mol. The number of hydrogen-bond donors (Lipinski definition) is 2. The zero-order chi connectivity index (χ0) is 24.3. The number of fused-ring (bicyclic) bond motifs is 1. The van der Waals surface area contributed by atoms with Crippen molar-refractivity contribution in [3.05, 3.63) is 35.6 Å². The number of hydrogen-bond acceptors (Lipinski definition) is 9. The number of nitrogens with one attached hydrogen (secondary N) is 1. The quantitative estimate of drug-likeness (QED) is 0.593. The van der Waals surface area contributed by atoms with Gasteiger partial charge in [0.2, 0.25) is 5.95 Å². The van der Waals surface area contributed by atoms with Gasteiger partial charge in [-0.1, -0.05) is 12.0 Å². The summed E-state index contributed by atoms with van der Waals surface area (Å²) in [6.07, 6.45) is 6.07. The Morgan fingerprint density at radius 3 is 2.71 bits per heavy atom. The van der Waals surface area contributed by atoms with Crippen LogP contribution < -0.4 is 16.0 Å². The average Bonchev–Trinajstić information content (AvgIpc) is 3.19. The van der Waals surface area contributed by atoms with Crippen molar-refractivity contribution >= 4 is 34.2 Å². The molecule has 0 saturated carbocycles. The Labute approximate surface area is 200 Å². The van der Waals surface area contributed by atoms with Crippen LogP contribution in [-0.4, -0.2) is 61.2 Å². The van der Waals surface area contributed by atoms with Crippen molar-refractivity contribution in [1.29, 1.82) is 0 Å². The van der Waals surface area contributed by atoms with E-state index in [1.54, 1.807) is 19.3 Å². The van der Waals surface area contributed by atoms with Crippen molar-refractivity contribution in [2.75, 3.05) is 35.7 Å². The number of nitrogens with two attached hydrogens (primary N) is 1. The van der Waals surface area contributed by atoms with E-state index in [2.05, 4.69) is 38.1 Å². The molecule has 4 rings (SSSR count). The lowest BCUT2D eigenvalue weighted by atomic mass is 10.1. The SMILES string of the molecule is CC#Cc1cnc(C2=CCN(c3nc4c(c(NC(C)(C)COC(N)=O)n3)[S@](=O)CC4)CC2)nc1. The first-order chi connectivity index (χ1) is 16.3. The van der Waals surface area contributed by atoms with Crippen molar-refractivity contribution in [3.8, 4) is 11.8 Å². The highest BCUT2D eigenvalue weighted by atomic mass is 32.2. The summed E-state index contributed by atoms with van der Waals surface area (Å²) in [6, 6.07) is 0. The first-order valence-corrected chi connectivity index (χ1v) is 12.3. The molecule has 0 unspecified atom stereocenters. The molecule has 34 heavy (non-hydrogen) atoms. The second-order valence-corrected chi connectivity index (χ2v) is 10.2. The van der Waals surface area contributed by atoms with Crippen molar-refractivity contribution in [2.24, 2.45) is 5.73 Å². The maximum Gasteiger partial charge on any atom is 0.404 e. The van der Waals surface area contributed by atoms with Crippen molar-refractivity contribution in [1.82, 2.24) is 19.9 Å². The largest absolute Gasteiger partial charge is 0.447 e. The van der Waals surface area contributed by atoms with Gasteiger partial charge in [0.1, 0.15) is 17.3 Å². The lowest BCUT2D eigenvalue weighted by Gasteiger charge is -2.29. The molecular formula is C23H27N7O3S. The highest BCUT2D eigenvalue weighted by Gasteiger charge is 2.31. The Morgan fingerprint density at radius 2 is 2.06 bits per heavy atom. The van der Waals surface area contributed by atoms with Gasteiger partial charge in [-0.05, 0) is 32.8 Å². The van der Waals surface area contributed by atoms with E-state index in [9.17, 15) is 9.00 Å². The van der Waals surface area contributed by atoms with Crippen LogP contribution in [0.25, 0.3) is 5.57 Å². The molecular weight excluding hydrogens is 454 g/mol. The normalized spacial score (nSPS) is 17.3. The van der Waals surface area contributed by atoms with Crippen LogP contribution >= 0.6 is 0 Å². The topological polar surface area (TPSA) is 136 Å². The molecule has 2 aliphatic heterocycles. The zero-order valence-electron chi connectivity index (χ0n) is 19.4. The Kier molecular flexibility index (Phi) is 6.79. The molecule has 0 fully saturated rings. The number of anilines is 2. The zero-order valence-corrected chi connectivity index (χ0v) is 20.2. The van der Waals surface area contributed by atoms with Crippen molar-refractivity contribution in [3.63, 3.8) is 0 Å². The number of primary amides is 1. The Morgan fingerprint density at radius 1 is 1.29 bits per heavy atom.